The Hall–Kier alpha value is -3.13. The van der Waals surface area contributed by atoms with E-state index in [1.807, 2.05) is 37.3 Å². The summed E-state index contributed by atoms with van der Waals surface area (Å²) in [6.45, 7) is 3.31. The van der Waals surface area contributed by atoms with Crippen molar-refractivity contribution in [1.82, 2.24) is 19.7 Å². The average Bonchev–Trinajstić information content (AvgIpc) is 3.11. The summed E-state index contributed by atoms with van der Waals surface area (Å²) in [4.78, 5) is 8.72. The topological polar surface area (TPSA) is 97.3 Å². The molecule has 0 spiro atoms. The fourth-order valence-electron chi connectivity index (χ4n) is 2.35. The monoisotopic (exact) mass is 355 g/mol. The SMILES string of the molecule is CCOc1nc(-c2ccc(OCCN)cc2)n(-c2ccc(OC)nc2)n1. The molecule has 0 atom stereocenters. The van der Waals surface area contributed by atoms with Crippen molar-refractivity contribution in [3.05, 3.63) is 42.6 Å². The Balaban J connectivity index is 1.96. The lowest BCUT2D eigenvalue weighted by Crippen LogP contribution is -2.10. The molecule has 2 heterocycles. The van der Waals surface area contributed by atoms with E-state index in [0.717, 1.165) is 17.0 Å². The van der Waals surface area contributed by atoms with Gasteiger partial charge in [0.2, 0.25) is 5.88 Å². The minimum Gasteiger partial charge on any atom is -0.492 e. The molecule has 0 aliphatic carbocycles. The van der Waals surface area contributed by atoms with Gasteiger partial charge in [0.05, 0.1) is 25.6 Å². The molecule has 0 fully saturated rings. The van der Waals surface area contributed by atoms with Gasteiger partial charge in [-0.25, -0.2) is 9.67 Å². The van der Waals surface area contributed by atoms with Crippen molar-refractivity contribution in [2.75, 3.05) is 26.9 Å². The number of nitrogens with zero attached hydrogens (tertiary/aromatic N) is 4. The van der Waals surface area contributed by atoms with Crippen molar-refractivity contribution in [1.29, 1.82) is 0 Å². The molecule has 0 bridgehead atoms. The second-order valence-corrected chi connectivity index (χ2v) is 5.28. The fraction of sp³-hybridized carbons (Fsp3) is 0.278. The fourth-order valence-corrected chi connectivity index (χ4v) is 2.35. The molecule has 0 saturated heterocycles. The second kappa shape index (κ2) is 8.30. The highest BCUT2D eigenvalue weighted by Crippen LogP contribution is 2.25. The van der Waals surface area contributed by atoms with E-state index in [4.69, 9.17) is 19.9 Å². The van der Waals surface area contributed by atoms with Gasteiger partial charge in [0.1, 0.15) is 12.4 Å². The zero-order valence-electron chi connectivity index (χ0n) is 14.8. The highest BCUT2D eigenvalue weighted by molar-refractivity contribution is 5.59. The van der Waals surface area contributed by atoms with Gasteiger partial charge in [-0.1, -0.05) is 0 Å². The number of rotatable bonds is 8. The summed E-state index contributed by atoms with van der Waals surface area (Å²) in [6, 6.07) is 11.5. The van der Waals surface area contributed by atoms with Crippen LogP contribution in [-0.2, 0) is 0 Å². The summed E-state index contributed by atoms with van der Waals surface area (Å²) in [5.74, 6) is 1.93. The number of pyridine rings is 1. The van der Waals surface area contributed by atoms with Crippen LogP contribution in [-0.4, -0.2) is 46.6 Å². The van der Waals surface area contributed by atoms with E-state index in [9.17, 15) is 0 Å². The van der Waals surface area contributed by atoms with E-state index in [1.54, 1.807) is 24.1 Å². The van der Waals surface area contributed by atoms with E-state index in [0.29, 0.717) is 37.5 Å². The van der Waals surface area contributed by atoms with Crippen molar-refractivity contribution in [3.8, 4) is 34.7 Å². The van der Waals surface area contributed by atoms with E-state index >= 15 is 0 Å². The normalized spacial score (nSPS) is 10.6. The van der Waals surface area contributed by atoms with Gasteiger partial charge < -0.3 is 19.9 Å². The first-order valence-corrected chi connectivity index (χ1v) is 8.28. The lowest BCUT2D eigenvalue weighted by Gasteiger charge is -2.08. The Morgan fingerprint density at radius 3 is 2.50 bits per heavy atom. The molecule has 1 aromatic carbocycles. The largest absolute Gasteiger partial charge is 0.492 e. The number of benzene rings is 1. The van der Waals surface area contributed by atoms with E-state index in [1.165, 1.54) is 0 Å². The molecule has 2 aromatic heterocycles. The van der Waals surface area contributed by atoms with Gasteiger partial charge in [-0.2, -0.15) is 4.98 Å². The van der Waals surface area contributed by atoms with Gasteiger partial charge in [-0.15, -0.1) is 5.10 Å². The molecule has 0 aliphatic heterocycles. The Labute approximate surface area is 151 Å². The molecule has 0 amide bonds. The maximum absolute atomic E-state index is 5.51. The molecule has 3 rings (SSSR count). The van der Waals surface area contributed by atoms with Crippen molar-refractivity contribution in [3.63, 3.8) is 0 Å². The third-order valence-electron chi connectivity index (χ3n) is 3.53. The summed E-state index contributed by atoms with van der Waals surface area (Å²) >= 11 is 0. The first-order valence-electron chi connectivity index (χ1n) is 8.28. The number of hydrogen-bond acceptors (Lipinski definition) is 7. The minimum atomic E-state index is 0.307. The van der Waals surface area contributed by atoms with Gasteiger partial charge in [0.15, 0.2) is 5.82 Å². The summed E-state index contributed by atoms with van der Waals surface area (Å²) in [5.41, 5.74) is 7.09. The van der Waals surface area contributed by atoms with Crippen LogP contribution in [0.3, 0.4) is 0 Å². The summed E-state index contributed by atoms with van der Waals surface area (Å²) in [7, 11) is 1.57. The standard InChI is InChI=1S/C18H21N5O3/c1-3-25-18-21-17(13-4-7-15(8-5-13)26-11-10-19)23(22-18)14-6-9-16(24-2)20-12-14/h4-9,12H,3,10-11,19H2,1-2H3. The van der Waals surface area contributed by atoms with E-state index < -0.39 is 0 Å². The Morgan fingerprint density at radius 2 is 1.88 bits per heavy atom. The van der Waals surface area contributed by atoms with Gasteiger partial charge in [-0.05, 0) is 37.3 Å². The van der Waals surface area contributed by atoms with Crippen LogP contribution in [0, 0.1) is 0 Å². The van der Waals surface area contributed by atoms with Crippen LogP contribution in [0.1, 0.15) is 6.92 Å². The Bertz CT molecular complexity index is 831. The molecule has 8 nitrogen and oxygen atoms in total. The van der Waals surface area contributed by atoms with Gasteiger partial charge in [0.25, 0.3) is 0 Å². The number of aromatic nitrogens is 4. The highest BCUT2D eigenvalue weighted by Gasteiger charge is 2.15. The van der Waals surface area contributed by atoms with Crippen LogP contribution in [0.25, 0.3) is 17.1 Å². The molecule has 0 unspecified atom stereocenters. The summed E-state index contributed by atoms with van der Waals surface area (Å²) in [6.07, 6.45) is 1.67. The van der Waals surface area contributed by atoms with E-state index in [2.05, 4.69) is 15.1 Å². The van der Waals surface area contributed by atoms with Gasteiger partial charge in [-0.3, -0.25) is 0 Å². The summed E-state index contributed by atoms with van der Waals surface area (Å²) < 4.78 is 17.8. The molecule has 26 heavy (non-hydrogen) atoms. The van der Waals surface area contributed by atoms with Crippen molar-refractivity contribution >= 4 is 0 Å². The van der Waals surface area contributed by atoms with Crippen LogP contribution >= 0.6 is 0 Å². The third kappa shape index (κ3) is 3.92. The third-order valence-corrected chi connectivity index (χ3v) is 3.53. The molecule has 8 heteroatoms. The van der Waals surface area contributed by atoms with Crippen LogP contribution in [0.15, 0.2) is 42.6 Å². The van der Waals surface area contributed by atoms with Crippen molar-refractivity contribution < 1.29 is 14.2 Å². The lowest BCUT2D eigenvalue weighted by atomic mass is 10.2. The van der Waals surface area contributed by atoms with Crippen LogP contribution in [0.2, 0.25) is 0 Å². The average molecular weight is 355 g/mol. The molecule has 0 saturated carbocycles. The van der Waals surface area contributed by atoms with Crippen molar-refractivity contribution in [2.45, 2.75) is 6.92 Å². The smallest absolute Gasteiger partial charge is 0.336 e. The molecule has 2 N–H and O–H groups in total. The van der Waals surface area contributed by atoms with E-state index in [-0.39, 0.29) is 0 Å². The summed E-state index contributed by atoms with van der Waals surface area (Å²) in [5, 5.41) is 4.43. The second-order valence-electron chi connectivity index (χ2n) is 5.28. The predicted octanol–water partition coefficient (Wildman–Crippen LogP) is 2.07. The quantitative estimate of drug-likeness (QED) is 0.660. The Kier molecular flexibility index (Phi) is 5.65. The molecule has 136 valence electrons. The number of methoxy groups -OCH3 is 1. The lowest BCUT2D eigenvalue weighted by molar-refractivity contribution is 0.312. The maximum Gasteiger partial charge on any atom is 0.336 e. The number of hydrogen-bond donors (Lipinski definition) is 1. The number of ether oxygens (including phenoxy) is 3. The van der Waals surface area contributed by atoms with Crippen LogP contribution in [0.4, 0.5) is 0 Å². The molecule has 0 radical (unpaired) electrons. The first kappa shape index (κ1) is 17.7. The predicted molar refractivity (Wildman–Crippen MR) is 96.9 cm³/mol. The number of nitrogens with two attached hydrogens (primary N) is 1. The zero-order chi connectivity index (χ0) is 18.4. The van der Waals surface area contributed by atoms with Gasteiger partial charge in [0, 0.05) is 18.2 Å². The zero-order valence-corrected chi connectivity index (χ0v) is 14.8. The van der Waals surface area contributed by atoms with Crippen LogP contribution < -0.4 is 19.9 Å². The molecular weight excluding hydrogens is 334 g/mol. The van der Waals surface area contributed by atoms with Crippen molar-refractivity contribution in [2.24, 2.45) is 5.73 Å². The minimum absolute atomic E-state index is 0.307. The molecule has 3 aromatic rings. The highest BCUT2D eigenvalue weighted by atomic mass is 16.5. The van der Waals surface area contributed by atoms with Crippen LogP contribution in [0.5, 0.6) is 17.6 Å². The molecule has 0 aliphatic rings. The Morgan fingerprint density at radius 1 is 1.08 bits per heavy atom. The van der Waals surface area contributed by atoms with Gasteiger partial charge >= 0.3 is 6.01 Å². The maximum atomic E-state index is 5.51. The first-order chi connectivity index (χ1) is 12.7. The molecular formula is C18H21N5O3.